The van der Waals surface area contributed by atoms with Gasteiger partial charge in [0.25, 0.3) is 0 Å². The summed E-state index contributed by atoms with van der Waals surface area (Å²) in [5, 5.41) is 20.9. The monoisotopic (exact) mass is 303 g/mol. The van der Waals surface area contributed by atoms with E-state index >= 15 is 0 Å². The van der Waals surface area contributed by atoms with E-state index in [1.807, 2.05) is 51.2 Å². The van der Waals surface area contributed by atoms with Gasteiger partial charge >= 0.3 is 0 Å². The van der Waals surface area contributed by atoms with Crippen LogP contribution in [-0.2, 0) is 13.2 Å². The maximum atomic E-state index is 9.66. The second-order valence-corrected chi connectivity index (χ2v) is 5.60. The third kappa shape index (κ3) is 2.78. The van der Waals surface area contributed by atoms with Crippen molar-refractivity contribution in [3.8, 4) is 0 Å². The molecule has 0 amide bonds. The number of aliphatic hydroxyl groups is 2. The molecular weight excluding hydrogens is 286 g/mol. The van der Waals surface area contributed by atoms with Gasteiger partial charge in [0.2, 0.25) is 0 Å². The quantitative estimate of drug-likeness (QED) is 0.730. The highest BCUT2D eigenvalue weighted by atomic mass is 32.1. The van der Waals surface area contributed by atoms with E-state index in [1.54, 1.807) is 0 Å². The fraction of sp³-hybridized carbons (Fsp3) is 0.267. The Morgan fingerprint density at radius 2 is 2.00 bits per heavy atom. The van der Waals surface area contributed by atoms with Crippen LogP contribution in [0.1, 0.15) is 11.3 Å². The van der Waals surface area contributed by atoms with Gasteiger partial charge in [-0.05, 0) is 5.56 Å². The summed E-state index contributed by atoms with van der Waals surface area (Å²) in [5.74, 6) is 0.738. The number of imidazole rings is 1. The molecule has 21 heavy (non-hydrogen) atoms. The van der Waals surface area contributed by atoms with E-state index in [-0.39, 0.29) is 13.2 Å². The number of aromatic nitrogens is 2. The first kappa shape index (κ1) is 14.1. The molecule has 0 saturated heterocycles. The van der Waals surface area contributed by atoms with E-state index in [0.29, 0.717) is 13.1 Å². The average molecular weight is 303 g/mol. The van der Waals surface area contributed by atoms with Gasteiger partial charge in [-0.25, -0.2) is 4.98 Å². The van der Waals surface area contributed by atoms with Crippen LogP contribution < -0.4 is 4.90 Å². The van der Waals surface area contributed by atoms with E-state index in [1.165, 1.54) is 11.3 Å². The molecule has 0 saturated carbocycles. The Morgan fingerprint density at radius 3 is 2.71 bits per heavy atom. The predicted octanol–water partition coefficient (Wildman–Crippen LogP) is 1.89. The lowest BCUT2D eigenvalue weighted by atomic mass is 10.2. The molecule has 0 aliphatic carbocycles. The van der Waals surface area contributed by atoms with Gasteiger partial charge in [-0.2, -0.15) is 0 Å². The van der Waals surface area contributed by atoms with Crippen molar-refractivity contribution < 1.29 is 10.2 Å². The van der Waals surface area contributed by atoms with Crippen LogP contribution in [0, 0.1) is 0 Å². The molecule has 3 aromatic rings. The summed E-state index contributed by atoms with van der Waals surface area (Å²) in [6.45, 7) is 1.10. The van der Waals surface area contributed by atoms with Crippen molar-refractivity contribution in [2.75, 3.05) is 18.1 Å². The SMILES string of the molecule is OCCN(Cc1ccccc1)c1nc2sccn2c1CO. The van der Waals surface area contributed by atoms with Crippen molar-refractivity contribution >= 4 is 22.1 Å². The minimum Gasteiger partial charge on any atom is -0.395 e. The molecule has 3 rings (SSSR count). The van der Waals surface area contributed by atoms with Gasteiger partial charge in [-0.1, -0.05) is 30.3 Å². The highest BCUT2D eigenvalue weighted by molar-refractivity contribution is 7.15. The molecular formula is C15H17N3O2S. The average Bonchev–Trinajstić information content (AvgIpc) is 3.08. The summed E-state index contributed by atoms with van der Waals surface area (Å²) in [7, 11) is 0. The molecule has 0 fully saturated rings. The van der Waals surface area contributed by atoms with Gasteiger partial charge in [0.15, 0.2) is 10.8 Å². The molecule has 0 spiro atoms. The maximum absolute atomic E-state index is 9.66. The largest absolute Gasteiger partial charge is 0.395 e. The molecule has 6 heteroatoms. The zero-order valence-electron chi connectivity index (χ0n) is 11.5. The van der Waals surface area contributed by atoms with Crippen molar-refractivity contribution in [1.82, 2.24) is 9.38 Å². The molecule has 2 N–H and O–H groups in total. The Morgan fingerprint density at radius 1 is 1.19 bits per heavy atom. The summed E-state index contributed by atoms with van der Waals surface area (Å²) in [5.41, 5.74) is 1.90. The second-order valence-electron chi connectivity index (χ2n) is 4.73. The molecule has 2 aromatic heterocycles. The molecule has 0 unspecified atom stereocenters. The number of nitrogens with zero attached hydrogens (tertiary/aromatic N) is 3. The van der Waals surface area contributed by atoms with Crippen LogP contribution in [0.5, 0.6) is 0 Å². The van der Waals surface area contributed by atoms with Gasteiger partial charge in [0, 0.05) is 24.7 Å². The van der Waals surface area contributed by atoms with Gasteiger partial charge in [0.1, 0.15) is 0 Å². The highest BCUT2D eigenvalue weighted by Gasteiger charge is 2.18. The van der Waals surface area contributed by atoms with Crippen LogP contribution in [0.2, 0.25) is 0 Å². The van der Waals surface area contributed by atoms with Crippen molar-refractivity contribution in [2.24, 2.45) is 0 Å². The summed E-state index contributed by atoms with van der Waals surface area (Å²) >= 11 is 1.53. The number of hydrogen-bond donors (Lipinski definition) is 2. The molecule has 0 aliphatic rings. The smallest absolute Gasteiger partial charge is 0.195 e. The van der Waals surface area contributed by atoms with E-state index in [4.69, 9.17) is 0 Å². The van der Waals surface area contributed by atoms with Crippen LogP contribution in [0.25, 0.3) is 4.96 Å². The molecule has 0 radical (unpaired) electrons. The number of rotatable bonds is 6. The number of aliphatic hydroxyl groups excluding tert-OH is 2. The molecule has 0 atom stereocenters. The van der Waals surface area contributed by atoms with Gasteiger partial charge in [0.05, 0.1) is 18.9 Å². The third-order valence-electron chi connectivity index (χ3n) is 3.38. The first-order valence-corrected chi connectivity index (χ1v) is 7.66. The summed E-state index contributed by atoms with van der Waals surface area (Å²) < 4.78 is 1.90. The fourth-order valence-electron chi connectivity index (χ4n) is 2.41. The van der Waals surface area contributed by atoms with Gasteiger partial charge in [-0.15, -0.1) is 11.3 Å². The normalized spacial score (nSPS) is 11.1. The third-order valence-corrected chi connectivity index (χ3v) is 4.13. The van der Waals surface area contributed by atoms with Crippen LogP contribution in [0.3, 0.4) is 0 Å². The number of benzene rings is 1. The summed E-state index contributed by atoms with van der Waals surface area (Å²) in [6, 6.07) is 10.0. The molecule has 1 aromatic carbocycles. The van der Waals surface area contributed by atoms with Crippen molar-refractivity contribution in [2.45, 2.75) is 13.2 Å². The summed E-state index contributed by atoms with van der Waals surface area (Å²) in [6.07, 6.45) is 1.90. The zero-order valence-corrected chi connectivity index (χ0v) is 12.3. The zero-order chi connectivity index (χ0) is 14.7. The van der Waals surface area contributed by atoms with Gasteiger partial charge in [-0.3, -0.25) is 4.40 Å². The summed E-state index contributed by atoms with van der Waals surface area (Å²) in [4.78, 5) is 7.45. The predicted molar refractivity (Wildman–Crippen MR) is 83.6 cm³/mol. The van der Waals surface area contributed by atoms with Gasteiger partial charge < -0.3 is 15.1 Å². The van der Waals surface area contributed by atoms with Crippen molar-refractivity contribution in [1.29, 1.82) is 0 Å². The molecule has 0 bridgehead atoms. The van der Waals surface area contributed by atoms with E-state index in [2.05, 4.69) is 4.98 Å². The van der Waals surface area contributed by atoms with E-state index < -0.39 is 0 Å². The molecule has 110 valence electrons. The number of hydrogen-bond acceptors (Lipinski definition) is 5. The lowest BCUT2D eigenvalue weighted by Crippen LogP contribution is -2.27. The Kier molecular flexibility index (Phi) is 4.19. The van der Waals surface area contributed by atoms with Crippen LogP contribution >= 0.6 is 11.3 Å². The molecule has 0 aliphatic heterocycles. The first-order valence-electron chi connectivity index (χ1n) is 6.78. The van der Waals surface area contributed by atoms with Crippen molar-refractivity contribution in [3.05, 3.63) is 53.2 Å². The standard InChI is InChI=1S/C15H17N3O2S/c19-8-6-17(10-12-4-2-1-3-5-12)14-13(11-20)18-7-9-21-15(18)16-14/h1-5,7,9,19-20H,6,8,10-11H2. The maximum Gasteiger partial charge on any atom is 0.195 e. The Bertz CT molecular complexity index is 708. The van der Waals surface area contributed by atoms with Crippen LogP contribution in [0.4, 0.5) is 5.82 Å². The Balaban J connectivity index is 1.96. The minimum atomic E-state index is -0.0794. The van der Waals surface area contributed by atoms with Crippen LogP contribution in [-0.4, -0.2) is 32.7 Å². The Hall–Kier alpha value is -1.89. The van der Waals surface area contributed by atoms with E-state index in [9.17, 15) is 10.2 Å². The first-order chi connectivity index (χ1) is 10.3. The Labute approximate surface area is 126 Å². The number of fused-ring (bicyclic) bond motifs is 1. The molecule has 2 heterocycles. The van der Waals surface area contributed by atoms with E-state index in [0.717, 1.165) is 22.0 Å². The number of thiazole rings is 1. The van der Waals surface area contributed by atoms with Crippen molar-refractivity contribution in [3.63, 3.8) is 0 Å². The molecule has 5 nitrogen and oxygen atoms in total. The number of anilines is 1. The highest BCUT2D eigenvalue weighted by Crippen LogP contribution is 2.25. The minimum absolute atomic E-state index is 0.0445. The lowest BCUT2D eigenvalue weighted by Gasteiger charge is -2.22. The lowest BCUT2D eigenvalue weighted by molar-refractivity contribution is 0.275. The fourth-order valence-corrected chi connectivity index (χ4v) is 3.13. The van der Waals surface area contributed by atoms with Crippen LogP contribution in [0.15, 0.2) is 41.9 Å². The topological polar surface area (TPSA) is 61.0 Å². The second kappa shape index (κ2) is 6.26.